The molecule has 2 fully saturated rings. The van der Waals surface area contributed by atoms with Gasteiger partial charge in [-0.25, -0.2) is 0 Å². The highest BCUT2D eigenvalue weighted by Crippen LogP contribution is 2.31. The van der Waals surface area contributed by atoms with Gasteiger partial charge >= 0.3 is 0 Å². The number of aliphatic hydroxyl groups excluding tert-OH is 8. The molecular formula is C89H167NO13. The molecule has 0 bridgehead atoms. The second kappa shape index (κ2) is 72.8. The maximum atomic E-state index is 13.4. The molecule has 0 saturated carbocycles. The smallest absolute Gasteiger partial charge is 0.220 e. The number of rotatable bonds is 76. The standard InChI is InChI=1S/C89H167NO13/c1-3-5-7-9-11-13-15-17-19-21-23-25-27-29-31-33-35-37-38-39-40-41-43-45-47-49-51-53-55-57-59-61-63-65-67-69-71-73-81(94)90-77(76-100-88-86(99)84(97)87(80(75-92)102-88)103-89-85(98)83(96)82(95)79(74-91)101-89)78(93)72-70-68-66-64-62-60-58-56-54-52-50-48-46-44-42-36-34-32-30-28-26-24-22-20-18-16-14-12-10-8-6-4-2/h15,17,21,23,27,29,70,72,77-80,82-89,91-93,95-99H,3-14,16,18-20,22,24-26,28,30-69,71,73-76H2,1-2H3,(H,90,94)/b17-15-,23-21-,29-27-,72-70+. The summed E-state index contributed by atoms with van der Waals surface area (Å²) in [5.41, 5.74) is 0. The number of unbranched alkanes of at least 4 members (excludes halogenated alkanes) is 57. The Bertz CT molecular complexity index is 1920. The van der Waals surface area contributed by atoms with Gasteiger partial charge in [-0.3, -0.25) is 4.79 Å². The van der Waals surface area contributed by atoms with E-state index in [0.717, 1.165) is 51.4 Å². The van der Waals surface area contributed by atoms with Gasteiger partial charge < -0.3 is 65.1 Å². The first-order valence-corrected chi connectivity index (χ1v) is 44.4. The lowest BCUT2D eigenvalue weighted by atomic mass is 9.97. The molecule has 0 radical (unpaired) electrons. The van der Waals surface area contributed by atoms with E-state index in [1.807, 2.05) is 6.08 Å². The van der Waals surface area contributed by atoms with Crippen LogP contribution in [-0.2, 0) is 23.7 Å². The van der Waals surface area contributed by atoms with Crippen molar-refractivity contribution in [3.63, 3.8) is 0 Å². The largest absolute Gasteiger partial charge is 0.394 e. The SMILES string of the molecule is CCCCCCC/C=C\C/C=C\C/C=C\CCCCCCCCCCCCCCCCCCCCCCCCC(=O)NC(COC1OC(CO)C(OC2OC(CO)C(O)C(O)C2O)C(O)C1O)C(O)/C=C/CCCCCCCCCCCCCCCCCCCCCCCCCCCCCCCC. The first-order valence-electron chi connectivity index (χ1n) is 44.4. The third-order valence-electron chi connectivity index (χ3n) is 21.8. The molecule has 0 spiro atoms. The van der Waals surface area contributed by atoms with Gasteiger partial charge in [-0.15, -0.1) is 0 Å². The Morgan fingerprint density at radius 2 is 0.641 bits per heavy atom. The molecule has 0 aromatic heterocycles. The van der Waals surface area contributed by atoms with Crippen molar-refractivity contribution in [3.8, 4) is 0 Å². The summed E-state index contributed by atoms with van der Waals surface area (Å²) < 4.78 is 23.0. The third-order valence-corrected chi connectivity index (χ3v) is 21.8. The van der Waals surface area contributed by atoms with Gasteiger partial charge in [0.15, 0.2) is 12.6 Å². The second-order valence-corrected chi connectivity index (χ2v) is 31.4. The fourth-order valence-corrected chi connectivity index (χ4v) is 14.8. The third kappa shape index (κ3) is 55.1. The van der Waals surface area contributed by atoms with Crippen molar-refractivity contribution in [2.24, 2.45) is 0 Å². The van der Waals surface area contributed by atoms with Gasteiger partial charge in [-0.2, -0.15) is 0 Å². The van der Waals surface area contributed by atoms with Crippen LogP contribution in [-0.4, -0.2) is 140 Å². The molecule has 2 heterocycles. The number of ether oxygens (including phenoxy) is 4. The summed E-state index contributed by atoms with van der Waals surface area (Å²) in [7, 11) is 0. The Morgan fingerprint density at radius 3 is 0.981 bits per heavy atom. The summed E-state index contributed by atoms with van der Waals surface area (Å²) in [5.74, 6) is -0.231. The summed E-state index contributed by atoms with van der Waals surface area (Å²) >= 11 is 0. The minimum atomic E-state index is -1.79. The van der Waals surface area contributed by atoms with E-state index in [2.05, 4.69) is 55.6 Å². The highest BCUT2D eigenvalue weighted by atomic mass is 16.7. The van der Waals surface area contributed by atoms with Crippen LogP contribution in [0.15, 0.2) is 48.6 Å². The van der Waals surface area contributed by atoms with Crippen molar-refractivity contribution < 1.29 is 64.6 Å². The molecule has 0 aliphatic carbocycles. The molecule has 103 heavy (non-hydrogen) atoms. The molecule has 2 aliphatic rings. The average Bonchev–Trinajstić information content (AvgIpc) is 0.791. The summed E-state index contributed by atoms with van der Waals surface area (Å²) in [5, 5.41) is 87.9. The van der Waals surface area contributed by atoms with E-state index in [4.69, 9.17) is 18.9 Å². The number of carbonyl (C=O) groups excluding carboxylic acids is 1. The van der Waals surface area contributed by atoms with E-state index >= 15 is 0 Å². The highest BCUT2D eigenvalue weighted by Gasteiger charge is 2.51. The van der Waals surface area contributed by atoms with Crippen molar-refractivity contribution in [1.29, 1.82) is 0 Å². The Morgan fingerprint density at radius 1 is 0.350 bits per heavy atom. The van der Waals surface area contributed by atoms with Crippen molar-refractivity contribution in [2.45, 2.75) is 492 Å². The molecule has 0 aromatic rings. The number of hydrogen-bond acceptors (Lipinski definition) is 13. The van der Waals surface area contributed by atoms with Crippen LogP contribution in [0.2, 0.25) is 0 Å². The molecule has 12 unspecified atom stereocenters. The monoisotopic (exact) mass is 1460 g/mol. The molecule has 12 atom stereocenters. The van der Waals surface area contributed by atoms with E-state index in [9.17, 15) is 45.6 Å². The zero-order valence-electron chi connectivity index (χ0n) is 66.8. The summed E-state index contributed by atoms with van der Waals surface area (Å²) in [6.45, 7) is 2.86. The first kappa shape index (κ1) is 97.0. The molecule has 14 heteroatoms. The molecule has 2 aliphatic heterocycles. The molecule has 2 rings (SSSR count). The van der Waals surface area contributed by atoms with E-state index < -0.39 is 86.8 Å². The molecular weight excluding hydrogens is 1290 g/mol. The lowest BCUT2D eigenvalue weighted by Gasteiger charge is -2.46. The zero-order valence-corrected chi connectivity index (χ0v) is 66.8. The average molecular weight is 1460 g/mol. The van der Waals surface area contributed by atoms with Crippen LogP contribution < -0.4 is 5.32 Å². The van der Waals surface area contributed by atoms with Gasteiger partial charge in [0.25, 0.3) is 0 Å². The van der Waals surface area contributed by atoms with Crippen molar-refractivity contribution >= 4 is 5.91 Å². The van der Waals surface area contributed by atoms with Crippen LogP contribution in [0.1, 0.15) is 418 Å². The normalized spacial score (nSPS) is 21.7. The van der Waals surface area contributed by atoms with Gasteiger partial charge in [0, 0.05) is 6.42 Å². The number of carbonyl (C=O) groups is 1. The van der Waals surface area contributed by atoms with E-state index in [0.29, 0.717) is 6.42 Å². The van der Waals surface area contributed by atoms with Crippen molar-refractivity contribution in [1.82, 2.24) is 5.32 Å². The van der Waals surface area contributed by atoms with E-state index in [1.54, 1.807) is 6.08 Å². The summed E-state index contributed by atoms with van der Waals surface area (Å²) in [6, 6.07) is -0.916. The van der Waals surface area contributed by atoms with Gasteiger partial charge in [-0.1, -0.05) is 403 Å². The molecule has 606 valence electrons. The minimum Gasteiger partial charge on any atom is -0.394 e. The van der Waals surface area contributed by atoms with Crippen LogP contribution in [0.4, 0.5) is 0 Å². The number of aliphatic hydroxyl groups is 8. The molecule has 1 amide bonds. The first-order chi connectivity index (χ1) is 50.6. The maximum Gasteiger partial charge on any atom is 0.220 e. The Kier molecular flexibility index (Phi) is 68.6. The fourth-order valence-electron chi connectivity index (χ4n) is 14.8. The Balaban J connectivity index is 1.57. The van der Waals surface area contributed by atoms with Gasteiger partial charge in [0.2, 0.25) is 5.91 Å². The fraction of sp³-hybridized carbons (Fsp3) is 0.899. The molecule has 9 N–H and O–H groups in total. The quantitative estimate of drug-likeness (QED) is 0.0204. The van der Waals surface area contributed by atoms with E-state index in [-0.39, 0.29) is 18.9 Å². The topological polar surface area (TPSA) is 228 Å². The Hall–Kier alpha value is -2.05. The predicted molar refractivity (Wildman–Crippen MR) is 429 cm³/mol. The lowest BCUT2D eigenvalue weighted by molar-refractivity contribution is -0.359. The van der Waals surface area contributed by atoms with Gasteiger partial charge in [-0.05, 0) is 57.8 Å². The minimum absolute atomic E-state index is 0.231. The zero-order chi connectivity index (χ0) is 74.4. The van der Waals surface area contributed by atoms with Crippen LogP contribution in [0, 0.1) is 0 Å². The van der Waals surface area contributed by atoms with Crippen LogP contribution in [0.3, 0.4) is 0 Å². The predicted octanol–water partition coefficient (Wildman–Crippen LogP) is 21.3. The highest BCUT2D eigenvalue weighted by molar-refractivity contribution is 5.76. The molecule has 2 saturated heterocycles. The van der Waals surface area contributed by atoms with Crippen LogP contribution in [0.5, 0.6) is 0 Å². The maximum absolute atomic E-state index is 13.4. The van der Waals surface area contributed by atoms with Gasteiger partial charge in [0.05, 0.1) is 32.0 Å². The summed E-state index contributed by atoms with van der Waals surface area (Å²) in [4.78, 5) is 13.4. The lowest BCUT2D eigenvalue weighted by Crippen LogP contribution is -2.65. The molecule has 0 aromatic carbocycles. The number of hydrogen-bond donors (Lipinski definition) is 9. The second-order valence-electron chi connectivity index (χ2n) is 31.4. The Labute approximate surface area is 633 Å². The van der Waals surface area contributed by atoms with Crippen molar-refractivity contribution in [3.05, 3.63) is 48.6 Å². The van der Waals surface area contributed by atoms with E-state index in [1.165, 1.54) is 340 Å². The summed E-state index contributed by atoms with van der Waals surface area (Å²) in [6.07, 6.45) is 82.2. The van der Waals surface area contributed by atoms with Crippen LogP contribution >= 0.6 is 0 Å². The number of amides is 1. The number of nitrogens with one attached hydrogen (secondary N) is 1. The number of allylic oxidation sites excluding steroid dienone is 7. The molecule has 14 nitrogen and oxygen atoms in total. The van der Waals surface area contributed by atoms with Crippen molar-refractivity contribution in [2.75, 3.05) is 19.8 Å². The van der Waals surface area contributed by atoms with Crippen LogP contribution in [0.25, 0.3) is 0 Å². The van der Waals surface area contributed by atoms with Gasteiger partial charge in [0.1, 0.15) is 48.8 Å².